The van der Waals surface area contributed by atoms with Crippen LogP contribution in [0, 0.1) is 0 Å². The van der Waals surface area contributed by atoms with Crippen molar-refractivity contribution in [1.82, 2.24) is 0 Å². The lowest BCUT2D eigenvalue weighted by Crippen LogP contribution is -2.24. The number of hydrogen-bond acceptors (Lipinski definition) is 4. The van der Waals surface area contributed by atoms with Gasteiger partial charge in [0.2, 0.25) is 0 Å². The van der Waals surface area contributed by atoms with Crippen LogP contribution in [-0.4, -0.2) is 25.2 Å². The van der Waals surface area contributed by atoms with Crippen molar-refractivity contribution in [2.45, 2.75) is 32.8 Å². The van der Waals surface area contributed by atoms with Crippen molar-refractivity contribution in [3.63, 3.8) is 0 Å². The molecule has 0 unspecified atom stereocenters. The first kappa shape index (κ1) is 14.5. The normalized spacial score (nSPS) is 11.2. The van der Waals surface area contributed by atoms with Crippen molar-refractivity contribution in [3.05, 3.63) is 29.3 Å². The van der Waals surface area contributed by atoms with E-state index < -0.39 is 5.60 Å². The molecule has 1 aromatic carbocycles. The fraction of sp³-hybridized carbons (Fsp3) is 0.500. The van der Waals surface area contributed by atoms with Crippen LogP contribution in [0.4, 0.5) is 0 Å². The monoisotopic (exact) mass is 251 g/mol. The van der Waals surface area contributed by atoms with E-state index >= 15 is 0 Å². The summed E-state index contributed by atoms with van der Waals surface area (Å²) in [6.45, 7) is 6.04. The number of esters is 1. The van der Waals surface area contributed by atoms with Crippen LogP contribution >= 0.6 is 0 Å². The summed E-state index contributed by atoms with van der Waals surface area (Å²) in [6.07, 6.45) is 0.666. The van der Waals surface area contributed by atoms with Gasteiger partial charge in [0.15, 0.2) is 0 Å². The highest BCUT2D eigenvalue weighted by Gasteiger charge is 2.18. The van der Waals surface area contributed by atoms with E-state index in [1.807, 2.05) is 20.8 Å². The van der Waals surface area contributed by atoms with E-state index in [2.05, 4.69) is 0 Å². The molecule has 0 aliphatic rings. The highest BCUT2D eigenvalue weighted by molar-refractivity contribution is 5.90. The van der Waals surface area contributed by atoms with E-state index in [1.165, 1.54) is 0 Å². The molecular formula is C14H21NO3. The SMILES string of the molecule is COc1ccc(C(=O)OC(C)(C)C)cc1CCN. The molecule has 0 aliphatic heterocycles. The first-order valence-electron chi connectivity index (χ1n) is 5.97. The number of benzene rings is 1. The topological polar surface area (TPSA) is 61.5 Å². The fourth-order valence-electron chi connectivity index (χ4n) is 1.59. The largest absolute Gasteiger partial charge is 0.496 e. The molecule has 100 valence electrons. The summed E-state index contributed by atoms with van der Waals surface area (Å²) < 4.78 is 10.5. The van der Waals surface area contributed by atoms with E-state index in [1.54, 1.807) is 25.3 Å². The number of hydrogen-bond donors (Lipinski definition) is 1. The van der Waals surface area contributed by atoms with Crippen LogP contribution in [0.3, 0.4) is 0 Å². The zero-order valence-electron chi connectivity index (χ0n) is 11.4. The van der Waals surface area contributed by atoms with Gasteiger partial charge >= 0.3 is 5.97 Å². The second kappa shape index (κ2) is 5.87. The predicted octanol–water partition coefficient (Wildman–Crippen LogP) is 2.15. The van der Waals surface area contributed by atoms with Gasteiger partial charge in [-0.25, -0.2) is 4.79 Å². The van der Waals surface area contributed by atoms with Crippen LogP contribution in [0.15, 0.2) is 18.2 Å². The molecule has 0 heterocycles. The smallest absolute Gasteiger partial charge is 0.338 e. The minimum Gasteiger partial charge on any atom is -0.496 e. The standard InChI is InChI=1S/C14H21NO3/c1-14(2,3)18-13(16)11-5-6-12(17-4)10(9-11)7-8-15/h5-6,9H,7-8,15H2,1-4H3. The average Bonchev–Trinajstić information content (AvgIpc) is 2.27. The number of nitrogens with two attached hydrogens (primary N) is 1. The third kappa shape index (κ3) is 4.04. The molecule has 0 bridgehead atoms. The van der Waals surface area contributed by atoms with Crippen LogP contribution in [0.5, 0.6) is 5.75 Å². The first-order chi connectivity index (χ1) is 8.37. The Labute approximate surface area is 108 Å². The maximum absolute atomic E-state index is 11.9. The zero-order chi connectivity index (χ0) is 13.8. The summed E-state index contributed by atoms with van der Waals surface area (Å²) in [4.78, 5) is 11.9. The van der Waals surface area contributed by atoms with E-state index in [4.69, 9.17) is 15.2 Å². The molecule has 0 aromatic heterocycles. The number of carbonyl (C=O) groups is 1. The molecule has 0 fully saturated rings. The molecule has 4 nitrogen and oxygen atoms in total. The van der Waals surface area contributed by atoms with Gasteiger partial charge in [0.25, 0.3) is 0 Å². The molecule has 2 N–H and O–H groups in total. The van der Waals surface area contributed by atoms with Crippen LogP contribution < -0.4 is 10.5 Å². The van der Waals surface area contributed by atoms with Gasteiger partial charge in [0, 0.05) is 0 Å². The molecule has 18 heavy (non-hydrogen) atoms. The van der Waals surface area contributed by atoms with Gasteiger partial charge in [-0.15, -0.1) is 0 Å². The Morgan fingerprint density at radius 2 is 2.00 bits per heavy atom. The molecule has 0 atom stereocenters. The summed E-state index contributed by atoms with van der Waals surface area (Å²) in [5.41, 5.74) is 6.49. The van der Waals surface area contributed by atoms with Gasteiger partial charge in [-0.3, -0.25) is 0 Å². The van der Waals surface area contributed by atoms with Gasteiger partial charge in [0.1, 0.15) is 11.4 Å². The summed E-state index contributed by atoms with van der Waals surface area (Å²) in [5, 5.41) is 0. The van der Waals surface area contributed by atoms with Gasteiger partial charge in [-0.1, -0.05) is 0 Å². The van der Waals surface area contributed by atoms with Crippen molar-refractivity contribution in [1.29, 1.82) is 0 Å². The molecular weight excluding hydrogens is 230 g/mol. The van der Waals surface area contributed by atoms with Crippen molar-refractivity contribution in [2.75, 3.05) is 13.7 Å². The maximum Gasteiger partial charge on any atom is 0.338 e. The summed E-state index contributed by atoms with van der Waals surface area (Å²) >= 11 is 0. The Hall–Kier alpha value is -1.55. The third-order valence-electron chi connectivity index (χ3n) is 2.33. The molecule has 0 amide bonds. The number of carbonyl (C=O) groups excluding carboxylic acids is 1. The average molecular weight is 251 g/mol. The van der Waals surface area contributed by atoms with Gasteiger partial charge in [0.05, 0.1) is 12.7 Å². The molecule has 0 saturated carbocycles. The lowest BCUT2D eigenvalue weighted by molar-refractivity contribution is 0.00694. The lowest BCUT2D eigenvalue weighted by Gasteiger charge is -2.20. The second-order valence-corrected chi connectivity index (χ2v) is 5.07. The van der Waals surface area contributed by atoms with Crippen molar-refractivity contribution in [2.24, 2.45) is 5.73 Å². The van der Waals surface area contributed by atoms with Crippen molar-refractivity contribution in [3.8, 4) is 5.75 Å². The molecule has 0 radical (unpaired) electrons. The first-order valence-corrected chi connectivity index (χ1v) is 5.97. The molecule has 1 rings (SSSR count). The minimum absolute atomic E-state index is 0.330. The lowest BCUT2D eigenvalue weighted by atomic mass is 10.1. The summed E-state index contributed by atoms with van der Waals surface area (Å²) in [6, 6.07) is 5.25. The zero-order valence-corrected chi connectivity index (χ0v) is 11.4. The van der Waals surface area contributed by atoms with E-state index in [-0.39, 0.29) is 5.97 Å². The van der Waals surface area contributed by atoms with Gasteiger partial charge in [-0.05, 0) is 57.5 Å². The summed E-state index contributed by atoms with van der Waals surface area (Å²) in [5.74, 6) is 0.413. The molecule has 0 spiro atoms. The van der Waals surface area contributed by atoms with Crippen LogP contribution in [-0.2, 0) is 11.2 Å². The van der Waals surface area contributed by atoms with Crippen LogP contribution in [0.1, 0.15) is 36.7 Å². The number of ether oxygens (including phenoxy) is 2. The third-order valence-corrected chi connectivity index (χ3v) is 2.33. The van der Waals surface area contributed by atoms with E-state index in [0.717, 1.165) is 11.3 Å². The second-order valence-electron chi connectivity index (χ2n) is 5.07. The Bertz CT molecular complexity index is 422. The van der Waals surface area contributed by atoms with Crippen LogP contribution in [0.25, 0.3) is 0 Å². The highest BCUT2D eigenvalue weighted by atomic mass is 16.6. The van der Waals surface area contributed by atoms with Crippen molar-refractivity contribution < 1.29 is 14.3 Å². The Morgan fingerprint density at radius 1 is 1.33 bits per heavy atom. The Kier molecular flexibility index (Phi) is 4.73. The molecule has 4 heteroatoms. The quantitative estimate of drug-likeness (QED) is 0.833. The Balaban J connectivity index is 2.97. The molecule has 0 saturated heterocycles. The molecule has 0 aliphatic carbocycles. The number of rotatable bonds is 4. The predicted molar refractivity (Wildman–Crippen MR) is 70.9 cm³/mol. The maximum atomic E-state index is 11.9. The van der Waals surface area contributed by atoms with Gasteiger partial charge < -0.3 is 15.2 Å². The van der Waals surface area contributed by atoms with Crippen LogP contribution in [0.2, 0.25) is 0 Å². The Morgan fingerprint density at radius 3 is 2.50 bits per heavy atom. The fourth-order valence-corrected chi connectivity index (χ4v) is 1.59. The van der Waals surface area contributed by atoms with Crippen molar-refractivity contribution >= 4 is 5.97 Å². The minimum atomic E-state index is -0.495. The number of methoxy groups -OCH3 is 1. The van der Waals surface area contributed by atoms with E-state index in [9.17, 15) is 4.79 Å². The van der Waals surface area contributed by atoms with Gasteiger partial charge in [-0.2, -0.15) is 0 Å². The highest BCUT2D eigenvalue weighted by Crippen LogP contribution is 2.21. The molecule has 1 aromatic rings. The summed E-state index contributed by atoms with van der Waals surface area (Å²) in [7, 11) is 1.60. The van der Waals surface area contributed by atoms with E-state index in [0.29, 0.717) is 18.5 Å².